The summed E-state index contributed by atoms with van der Waals surface area (Å²) in [5, 5.41) is 6.10. The Morgan fingerprint density at radius 3 is 3.13 bits per heavy atom. The predicted octanol–water partition coefficient (Wildman–Crippen LogP) is 3.14. The summed E-state index contributed by atoms with van der Waals surface area (Å²) in [4.78, 5) is 11.1. The second-order valence-corrected chi connectivity index (χ2v) is 6.46. The van der Waals surface area contributed by atoms with Gasteiger partial charge in [-0.2, -0.15) is 5.10 Å². The lowest BCUT2D eigenvalue weighted by atomic mass is 10.1. The van der Waals surface area contributed by atoms with Crippen LogP contribution in [0.3, 0.4) is 0 Å². The number of hydrogen-bond donors (Lipinski definition) is 0. The van der Waals surface area contributed by atoms with E-state index < -0.39 is 0 Å². The maximum absolute atomic E-state index is 6.29. The Morgan fingerprint density at radius 2 is 2.26 bits per heavy atom. The van der Waals surface area contributed by atoms with Crippen molar-refractivity contribution in [2.75, 3.05) is 6.54 Å². The molecule has 0 unspecified atom stereocenters. The van der Waals surface area contributed by atoms with Crippen LogP contribution in [-0.2, 0) is 13.1 Å². The second kappa shape index (κ2) is 6.26. The van der Waals surface area contributed by atoms with E-state index in [9.17, 15) is 0 Å². The molecular formula is C17H18ClN5. The molecular weight excluding hydrogens is 310 g/mol. The minimum absolute atomic E-state index is 0.481. The molecule has 5 nitrogen and oxygen atoms in total. The highest BCUT2D eigenvalue weighted by Crippen LogP contribution is 2.27. The van der Waals surface area contributed by atoms with Gasteiger partial charge in [-0.3, -0.25) is 14.6 Å². The first kappa shape index (κ1) is 14.6. The quantitative estimate of drug-likeness (QED) is 0.738. The van der Waals surface area contributed by atoms with Crippen molar-refractivity contribution in [2.24, 2.45) is 0 Å². The van der Waals surface area contributed by atoms with E-state index in [-0.39, 0.29) is 0 Å². The summed E-state index contributed by atoms with van der Waals surface area (Å²) in [5.74, 6) is 0. The largest absolute Gasteiger partial charge is 0.294 e. The summed E-state index contributed by atoms with van der Waals surface area (Å²) in [5.41, 5.74) is 2.24. The molecule has 3 heterocycles. The second-order valence-electron chi connectivity index (χ2n) is 6.02. The summed E-state index contributed by atoms with van der Waals surface area (Å²) < 4.78 is 1.91. The molecule has 0 N–H and O–H groups in total. The lowest BCUT2D eigenvalue weighted by Crippen LogP contribution is -2.32. The maximum Gasteiger partial charge on any atom is 0.137 e. The molecule has 1 saturated heterocycles. The van der Waals surface area contributed by atoms with Gasteiger partial charge in [0.1, 0.15) is 12.7 Å². The number of nitrogens with zero attached hydrogens (tertiary/aromatic N) is 5. The van der Waals surface area contributed by atoms with E-state index in [0.29, 0.717) is 6.04 Å². The molecule has 118 valence electrons. The van der Waals surface area contributed by atoms with Crippen LogP contribution in [0.4, 0.5) is 0 Å². The van der Waals surface area contributed by atoms with Crippen LogP contribution >= 0.6 is 11.6 Å². The molecule has 4 rings (SSSR count). The van der Waals surface area contributed by atoms with Gasteiger partial charge in [-0.1, -0.05) is 17.7 Å². The van der Waals surface area contributed by atoms with Crippen LogP contribution in [0.1, 0.15) is 18.4 Å². The van der Waals surface area contributed by atoms with Crippen molar-refractivity contribution < 1.29 is 0 Å². The van der Waals surface area contributed by atoms with Crippen molar-refractivity contribution in [3.8, 4) is 0 Å². The average molecular weight is 328 g/mol. The van der Waals surface area contributed by atoms with Gasteiger partial charge >= 0.3 is 0 Å². The van der Waals surface area contributed by atoms with Crippen molar-refractivity contribution in [1.82, 2.24) is 24.6 Å². The van der Waals surface area contributed by atoms with Crippen molar-refractivity contribution in [2.45, 2.75) is 32.0 Å². The van der Waals surface area contributed by atoms with Gasteiger partial charge in [0, 0.05) is 29.2 Å². The fourth-order valence-corrected chi connectivity index (χ4v) is 3.67. The number of halogens is 1. The smallest absolute Gasteiger partial charge is 0.137 e. The molecule has 1 fully saturated rings. The Bertz CT molecular complexity index is 802. The van der Waals surface area contributed by atoms with Crippen molar-refractivity contribution >= 4 is 22.5 Å². The zero-order chi connectivity index (χ0) is 15.6. The van der Waals surface area contributed by atoms with Gasteiger partial charge in [0.15, 0.2) is 0 Å². The van der Waals surface area contributed by atoms with E-state index in [4.69, 9.17) is 11.6 Å². The summed E-state index contributed by atoms with van der Waals surface area (Å²) in [6.07, 6.45) is 7.62. The van der Waals surface area contributed by atoms with Gasteiger partial charge in [-0.15, -0.1) is 0 Å². The number of benzene rings is 1. The molecule has 1 aliphatic heterocycles. The number of hydrogen-bond acceptors (Lipinski definition) is 4. The van der Waals surface area contributed by atoms with Gasteiger partial charge in [0.25, 0.3) is 0 Å². The number of fused-ring (bicyclic) bond motifs is 1. The number of pyridine rings is 1. The normalized spacial score (nSPS) is 18.7. The highest BCUT2D eigenvalue weighted by Gasteiger charge is 2.25. The average Bonchev–Trinajstić information content (AvgIpc) is 3.20. The molecule has 23 heavy (non-hydrogen) atoms. The van der Waals surface area contributed by atoms with Crippen LogP contribution in [0.5, 0.6) is 0 Å². The molecule has 0 amide bonds. The first-order valence-corrected chi connectivity index (χ1v) is 8.27. The Morgan fingerprint density at radius 1 is 1.30 bits per heavy atom. The molecule has 1 aromatic carbocycles. The van der Waals surface area contributed by atoms with E-state index in [1.165, 1.54) is 18.4 Å². The first-order valence-electron chi connectivity index (χ1n) is 7.89. The molecule has 0 radical (unpaired) electrons. The van der Waals surface area contributed by atoms with Crippen LogP contribution in [0, 0.1) is 0 Å². The maximum atomic E-state index is 6.29. The topological polar surface area (TPSA) is 46.8 Å². The van der Waals surface area contributed by atoms with Gasteiger partial charge in [-0.25, -0.2) is 4.98 Å². The van der Waals surface area contributed by atoms with Gasteiger partial charge in [0.2, 0.25) is 0 Å². The highest BCUT2D eigenvalue weighted by atomic mass is 35.5. The molecule has 2 aromatic heterocycles. The number of likely N-dealkylation sites (tertiary alicyclic amines) is 1. The van der Waals surface area contributed by atoms with E-state index in [1.54, 1.807) is 12.7 Å². The number of aromatic nitrogens is 4. The third-order valence-corrected chi connectivity index (χ3v) is 4.70. The molecule has 1 atom stereocenters. The van der Waals surface area contributed by atoms with Gasteiger partial charge < -0.3 is 0 Å². The summed E-state index contributed by atoms with van der Waals surface area (Å²) >= 11 is 6.29. The van der Waals surface area contributed by atoms with Gasteiger partial charge in [-0.05, 0) is 43.1 Å². The Balaban J connectivity index is 1.59. The summed E-state index contributed by atoms with van der Waals surface area (Å²) in [7, 11) is 0. The Labute approximate surface area is 139 Å². The Kier molecular flexibility index (Phi) is 3.97. The monoisotopic (exact) mass is 327 g/mol. The SMILES string of the molecule is Clc1cc(CN2CCC[C@@H]2Cn2cncn2)c2ncccc2c1. The summed E-state index contributed by atoms with van der Waals surface area (Å²) in [6, 6.07) is 8.52. The molecule has 6 heteroatoms. The van der Waals surface area contributed by atoms with Crippen LogP contribution in [0.2, 0.25) is 5.02 Å². The van der Waals surface area contributed by atoms with Crippen LogP contribution in [0.15, 0.2) is 43.1 Å². The highest BCUT2D eigenvalue weighted by molar-refractivity contribution is 6.31. The lowest BCUT2D eigenvalue weighted by molar-refractivity contribution is 0.219. The molecule has 1 aliphatic rings. The van der Waals surface area contributed by atoms with Crippen molar-refractivity contribution in [1.29, 1.82) is 0 Å². The minimum atomic E-state index is 0.481. The lowest BCUT2D eigenvalue weighted by Gasteiger charge is -2.24. The number of rotatable bonds is 4. The molecule has 0 bridgehead atoms. The molecule has 0 aliphatic carbocycles. The zero-order valence-corrected chi connectivity index (χ0v) is 13.5. The standard InChI is InChI=1S/C17H18ClN5/c18-15-7-13-3-1-5-20-17(13)14(8-15)9-22-6-2-4-16(22)10-23-12-19-11-21-23/h1,3,5,7-8,11-12,16H,2,4,6,9-10H2/t16-/m1/s1. The summed E-state index contributed by atoms with van der Waals surface area (Å²) in [6.45, 7) is 2.85. The molecule has 3 aromatic rings. The third kappa shape index (κ3) is 3.07. The fraction of sp³-hybridized carbons (Fsp3) is 0.353. The minimum Gasteiger partial charge on any atom is -0.294 e. The van der Waals surface area contributed by atoms with E-state index >= 15 is 0 Å². The van der Waals surface area contributed by atoms with Crippen molar-refractivity contribution in [3.05, 3.63) is 53.7 Å². The predicted molar refractivity (Wildman–Crippen MR) is 90.2 cm³/mol. The van der Waals surface area contributed by atoms with E-state index in [0.717, 1.165) is 35.6 Å². The van der Waals surface area contributed by atoms with Crippen LogP contribution in [0.25, 0.3) is 10.9 Å². The van der Waals surface area contributed by atoms with E-state index in [1.807, 2.05) is 29.1 Å². The molecule has 0 saturated carbocycles. The zero-order valence-electron chi connectivity index (χ0n) is 12.8. The van der Waals surface area contributed by atoms with E-state index in [2.05, 4.69) is 26.0 Å². The first-order chi connectivity index (χ1) is 11.3. The third-order valence-electron chi connectivity index (χ3n) is 4.49. The fourth-order valence-electron chi connectivity index (χ4n) is 3.42. The Hall–Kier alpha value is -1.98. The van der Waals surface area contributed by atoms with Crippen LogP contribution < -0.4 is 0 Å². The molecule has 0 spiro atoms. The van der Waals surface area contributed by atoms with Crippen molar-refractivity contribution in [3.63, 3.8) is 0 Å². The van der Waals surface area contributed by atoms with Crippen LogP contribution in [-0.4, -0.2) is 37.2 Å². The van der Waals surface area contributed by atoms with Gasteiger partial charge in [0.05, 0.1) is 12.1 Å².